The molecule has 0 N–H and O–H groups in total. The number of rotatable bonds is 15. The molecule has 0 spiro atoms. The number of hydrogen-bond donors (Lipinski definition) is 0. The van der Waals surface area contributed by atoms with Crippen molar-refractivity contribution in [2.45, 2.75) is 132 Å². The average Bonchev–Trinajstić information content (AvgIpc) is 2.85. The SMILES string of the molecule is CC(C)N(C(C)C)P(CCC#N)N(C(C)C)C(C)C.CC(C)N(C(C)C)P(Cl)CCC#N.O=P(Cl)(Cl)Oc1ccccc1. The number of nitriles is 2. The van der Waals surface area contributed by atoms with Crippen LogP contribution in [0.2, 0.25) is 0 Å². The van der Waals surface area contributed by atoms with Gasteiger partial charge >= 0.3 is 6.07 Å². The fraction of sp³-hybridized carbons (Fsp3) is 0.733. The van der Waals surface area contributed by atoms with Crippen molar-refractivity contribution in [2.75, 3.05) is 12.3 Å². The van der Waals surface area contributed by atoms with Gasteiger partial charge in [-0.15, -0.1) is 0 Å². The van der Waals surface area contributed by atoms with Gasteiger partial charge in [-0.3, -0.25) is 14.0 Å². The highest BCUT2D eigenvalue weighted by atomic mass is 35.9. The summed E-state index contributed by atoms with van der Waals surface area (Å²) in [5.41, 5.74) is 0. The third-order valence-corrected chi connectivity index (χ3v) is 13.2. The first-order valence-corrected chi connectivity index (χ1v) is 22.1. The predicted octanol–water partition coefficient (Wildman–Crippen LogP) is 11.7. The summed E-state index contributed by atoms with van der Waals surface area (Å²) in [5.74, 6) is 0.404. The lowest BCUT2D eigenvalue weighted by Crippen LogP contribution is -2.43. The predicted molar refractivity (Wildman–Crippen MR) is 193 cm³/mol. The minimum Gasteiger partial charge on any atom is -0.422 e. The quantitative estimate of drug-likeness (QED) is 0.167. The topological polar surface area (TPSA) is 83.6 Å². The van der Waals surface area contributed by atoms with Crippen LogP contribution >= 0.6 is 55.4 Å². The molecule has 43 heavy (non-hydrogen) atoms. The maximum Gasteiger partial charge on any atom is 0.428 e. The van der Waals surface area contributed by atoms with Crippen LogP contribution in [-0.4, -0.2) is 62.6 Å². The summed E-state index contributed by atoms with van der Waals surface area (Å²) in [6.07, 6.45) is -0.438. The molecule has 0 bridgehead atoms. The zero-order valence-corrected chi connectivity index (χ0v) is 33.2. The minimum atomic E-state index is -3.44. The van der Waals surface area contributed by atoms with Crippen LogP contribution in [0.15, 0.2) is 30.3 Å². The molecule has 1 aromatic carbocycles. The monoisotopic (exact) mass is 715 g/mol. The molecule has 1 aromatic rings. The van der Waals surface area contributed by atoms with E-state index in [-0.39, 0.29) is 0 Å². The zero-order valence-electron chi connectivity index (χ0n) is 28.2. The summed E-state index contributed by atoms with van der Waals surface area (Å²) in [5, 5.41) is 17.4. The van der Waals surface area contributed by atoms with E-state index in [2.05, 4.69) is 114 Å². The first-order valence-electron chi connectivity index (χ1n) is 14.9. The van der Waals surface area contributed by atoms with Crippen molar-refractivity contribution in [3.8, 4) is 17.9 Å². The second-order valence-corrected chi connectivity index (χ2v) is 20.6. The van der Waals surface area contributed by atoms with Gasteiger partial charge in [0.05, 0.1) is 19.6 Å². The van der Waals surface area contributed by atoms with Gasteiger partial charge in [-0.25, -0.2) is 4.57 Å². The Morgan fingerprint density at radius 2 is 1.05 bits per heavy atom. The lowest BCUT2D eigenvalue weighted by Gasteiger charge is -2.47. The molecule has 1 unspecified atom stereocenters. The summed E-state index contributed by atoms with van der Waals surface area (Å²) >= 11 is 16.6. The molecule has 0 aromatic heterocycles. The summed E-state index contributed by atoms with van der Waals surface area (Å²) in [4.78, 5) is 0. The average molecular weight is 717 g/mol. The van der Waals surface area contributed by atoms with E-state index in [1.54, 1.807) is 30.3 Å². The van der Waals surface area contributed by atoms with Crippen molar-refractivity contribution in [2.24, 2.45) is 0 Å². The first kappa shape index (κ1) is 45.0. The normalized spacial score (nSPS) is 12.6. The highest BCUT2D eigenvalue weighted by Gasteiger charge is 2.32. The fourth-order valence-corrected chi connectivity index (χ4v) is 11.5. The molecule has 0 saturated carbocycles. The van der Waals surface area contributed by atoms with Crippen LogP contribution in [0.25, 0.3) is 0 Å². The molecule has 1 atom stereocenters. The summed E-state index contributed by atoms with van der Waals surface area (Å²) < 4.78 is 22.9. The maximum absolute atomic E-state index is 10.7. The third-order valence-electron chi connectivity index (χ3n) is 5.74. The van der Waals surface area contributed by atoms with Gasteiger partial charge in [0, 0.05) is 92.1 Å². The minimum absolute atomic E-state index is 0.404. The molecule has 13 heteroatoms. The van der Waals surface area contributed by atoms with Crippen molar-refractivity contribution >= 4 is 55.4 Å². The molecule has 0 amide bonds. The van der Waals surface area contributed by atoms with E-state index in [9.17, 15) is 4.57 Å². The molecule has 0 aliphatic carbocycles. The van der Waals surface area contributed by atoms with Crippen LogP contribution in [0.5, 0.6) is 5.75 Å². The maximum atomic E-state index is 10.7. The van der Waals surface area contributed by atoms with Gasteiger partial charge in [0.2, 0.25) is 0 Å². The molecule has 1 rings (SSSR count). The van der Waals surface area contributed by atoms with E-state index in [4.69, 9.17) is 44.2 Å². The second kappa shape index (κ2) is 24.1. The zero-order chi connectivity index (χ0) is 33.9. The van der Waals surface area contributed by atoms with Crippen LogP contribution in [-0.2, 0) is 4.57 Å². The highest BCUT2D eigenvalue weighted by molar-refractivity contribution is 8.05. The first-order chi connectivity index (χ1) is 19.8. The van der Waals surface area contributed by atoms with Gasteiger partial charge in [-0.05, 0) is 95.2 Å². The summed E-state index contributed by atoms with van der Waals surface area (Å²) in [6, 6.07) is 16.0. The van der Waals surface area contributed by atoms with Crippen LogP contribution in [0, 0.1) is 22.7 Å². The van der Waals surface area contributed by atoms with E-state index in [1.807, 2.05) is 0 Å². The molecule has 0 aliphatic rings. The van der Waals surface area contributed by atoms with E-state index in [0.717, 1.165) is 12.3 Å². The standard InChI is InChI=1S/C15H32N3P.C9H18ClN2P.C6H5Cl2O2P/c1-12(2)17(13(3)4)19(11-9-10-16)18(14(5)6)15(7)8;1-8(2)12(9(3)4)13(10)7-5-6-11;7-11(8,9)10-6-4-2-1-3-5-6/h12-15H,9,11H2,1-8H3;8-9H,5,7H2,1-4H3;1-5H. The summed E-state index contributed by atoms with van der Waals surface area (Å²) in [7, 11) is -1.05. The molecule has 0 aliphatic heterocycles. The number of nitrogens with zero attached hydrogens (tertiary/aromatic N) is 5. The molecule has 0 heterocycles. The Labute approximate surface area is 280 Å². The van der Waals surface area contributed by atoms with Crippen molar-refractivity contribution in [1.29, 1.82) is 10.5 Å². The van der Waals surface area contributed by atoms with E-state index >= 15 is 0 Å². The van der Waals surface area contributed by atoms with Crippen LogP contribution in [0.1, 0.15) is 95.9 Å². The molecule has 248 valence electrons. The number of halogens is 3. The summed E-state index contributed by atoms with van der Waals surface area (Å²) in [6.45, 7) is 26.7. The fourth-order valence-electron chi connectivity index (χ4n) is 4.72. The van der Waals surface area contributed by atoms with Crippen LogP contribution in [0.4, 0.5) is 0 Å². The number of para-hydroxylation sites is 1. The number of hydrogen-bond acceptors (Lipinski definition) is 7. The van der Waals surface area contributed by atoms with Crippen molar-refractivity contribution in [3.05, 3.63) is 30.3 Å². The third kappa shape index (κ3) is 20.6. The molecular formula is C30H55Cl3N5O2P3. The largest absolute Gasteiger partial charge is 0.428 e. The van der Waals surface area contributed by atoms with Gasteiger partial charge in [-0.1, -0.05) is 29.4 Å². The van der Waals surface area contributed by atoms with Crippen LogP contribution in [0.3, 0.4) is 0 Å². The molecule has 7 nitrogen and oxygen atoms in total. The second-order valence-electron chi connectivity index (χ2n) is 11.5. The smallest absolute Gasteiger partial charge is 0.422 e. The Kier molecular flexibility index (Phi) is 25.2. The van der Waals surface area contributed by atoms with E-state index in [1.165, 1.54) is 0 Å². The number of benzene rings is 1. The Morgan fingerprint density at radius 3 is 1.35 bits per heavy atom. The molecule has 0 fully saturated rings. The van der Waals surface area contributed by atoms with Crippen molar-refractivity contribution < 1.29 is 9.09 Å². The lowest BCUT2D eigenvalue weighted by molar-refractivity contribution is 0.256. The molecule has 0 saturated heterocycles. The van der Waals surface area contributed by atoms with Gasteiger partial charge in [0.25, 0.3) is 0 Å². The van der Waals surface area contributed by atoms with Crippen molar-refractivity contribution in [1.82, 2.24) is 14.0 Å². The molecular weight excluding hydrogens is 662 g/mol. The van der Waals surface area contributed by atoms with Crippen molar-refractivity contribution in [3.63, 3.8) is 0 Å². The van der Waals surface area contributed by atoms with Gasteiger partial charge in [-0.2, -0.15) is 10.5 Å². The highest BCUT2D eigenvalue weighted by Crippen LogP contribution is 2.57. The van der Waals surface area contributed by atoms with Gasteiger partial charge in [0.15, 0.2) is 0 Å². The van der Waals surface area contributed by atoms with Crippen LogP contribution < -0.4 is 4.52 Å². The Hall–Kier alpha value is -0.160. The Bertz CT molecular complexity index is 939. The van der Waals surface area contributed by atoms with E-state index < -0.39 is 21.7 Å². The lowest BCUT2D eigenvalue weighted by atomic mass is 10.3. The Morgan fingerprint density at radius 1 is 0.698 bits per heavy atom. The van der Waals surface area contributed by atoms with Gasteiger partial charge in [0.1, 0.15) is 5.75 Å². The van der Waals surface area contributed by atoms with Gasteiger partial charge < -0.3 is 4.52 Å². The molecule has 0 radical (unpaired) electrons. The van der Waals surface area contributed by atoms with E-state index in [0.29, 0.717) is 54.8 Å². The Balaban J connectivity index is 0.